The van der Waals surface area contributed by atoms with Crippen LogP contribution in [0.2, 0.25) is 0 Å². The van der Waals surface area contributed by atoms with Crippen LogP contribution in [0.3, 0.4) is 0 Å². The Morgan fingerprint density at radius 3 is 2.59 bits per heavy atom. The van der Waals surface area contributed by atoms with Crippen molar-refractivity contribution >= 4 is 17.5 Å². The van der Waals surface area contributed by atoms with Crippen LogP contribution in [0.25, 0.3) is 5.69 Å². The van der Waals surface area contributed by atoms with Crippen molar-refractivity contribution in [2.75, 3.05) is 11.9 Å². The highest BCUT2D eigenvalue weighted by Gasteiger charge is 2.10. The summed E-state index contributed by atoms with van der Waals surface area (Å²) >= 11 is 0. The van der Waals surface area contributed by atoms with E-state index in [1.165, 1.54) is 12.1 Å². The molecule has 34 heavy (non-hydrogen) atoms. The Morgan fingerprint density at radius 2 is 1.76 bits per heavy atom. The number of nitrogens with one attached hydrogen (secondary N) is 2. The first kappa shape index (κ1) is 22.9. The van der Waals surface area contributed by atoms with Crippen molar-refractivity contribution in [1.29, 1.82) is 0 Å². The van der Waals surface area contributed by atoms with Gasteiger partial charge in [-0.2, -0.15) is 5.10 Å². The van der Waals surface area contributed by atoms with E-state index in [-0.39, 0.29) is 24.1 Å². The van der Waals surface area contributed by atoms with Crippen LogP contribution in [0.15, 0.2) is 85.2 Å². The van der Waals surface area contributed by atoms with Gasteiger partial charge in [-0.05, 0) is 54.8 Å². The first-order valence-electron chi connectivity index (χ1n) is 11.0. The summed E-state index contributed by atoms with van der Waals surface area (Å²) in [6.45, 7) is 2.38. The second-order valence-electron chi connectivity index (χ2n) is 8.07. The summed E-state index contributed by atoms with van der Waals surface area (Å²) in [5, 5.41) is 10.0. The Bertz CT molecular complexity index is 1320. The molecule has 1 aromatic heterocycles. The number of hydrogen-bond donors (Lipinski definition) is 2. The lowest BCUT2D eigenvalue weighted by atomic mass is 10.1. The van der Waals surface area contributed by atoms with Gasteiger partial charge in [-0.25, -0.2) is 9.07 Å². The van der Waals surface area contributed by atoms with E-state index >= 15 is 0 Å². The number of anilines is 1. The lowest BCUT2D eigenvalue weighted by molar-refractivity contribution is -0.115. The van der Waals surface area contributed by atoms with Gasteiger partial charge in [0.1, 0.15) is 5.82 Å². The van der Waals surface area contributed by atoms with Crippen molar-refractivity contribution in [2.45, 2.75) is 19.8 Å². The van der Waals surface area contributed by atoms with Gasteiger partial charge in [0, 0.05) is 12.1 Å². The summed E-state index contributed by atoms with van der Waals surface area (Å²) in [5.74, 6) is -0.643. The number of aryl methyl sites for hydroxylation is 1. The molecule has 2 N–H and O–H groups in total. The molecule has 0 unspecified atom stereocenters. The van der Waals surface area contributed by atoms with E-state index in [2.05, 4.69) is 15.7 Å². The van der Waals surface area contributed by atoms with Crippen LogP contribution in [-0.4, -0.2) is 28.1 Å². The molecule has 1 heterocycles. The number of nitrogens with zero attached hydrogens (tertiary/aromatic N) is 2. The van der Waals surface area contributed by atoms with Crippen LogP contribution in [0.1, 0.15) is 27.0 Å². The molecule has 0 radical (unpaired) electrons. The number of carbonyl (C=O) groups is 2. The largest absolute Gasteiger partial charge is 0.352 e. The molecule has 172 valence electrons. The Hall–Kier alpha value is -4.26. The minimum atomic E-state index is -0.290. The van der Waals surface area contributed by atoms with E-state index in [9.17, 15) is 14.0 Å². The fourth-order valence-corrected chi connectivity index (χ4v) is 3.65. The van der Waals surface area contributed by atoms with Crippen LogP contribution in [0, 0.1) is 12.7 Å². The molecule has 4 rings (SSSR count). The molecular formula is C27H25FN4O2. The Morgan fingerprint density at radius 1 is 0.971 bits per heavy atom. The SMILES string of the molecule is Cc1cccc(CC(=O)Nc2cnn(-c3cccc(C(=O)NCCc4cccc(F)c4)c3)c2)c1. The van der Waals surface area contributed by atoms with Gasteiger partial charge in [-0.3, -0.25) is 9.59 Å². The Balaban J connectivity index is 1.35. The molecule has 4 aromatic rings. The normalized spacial score (nSPS) is 10.6. The molecule has 0 aliphatic rings. The monoisotopic (exact) mass is 456 g/mol. The van der Waals surface area contributed by atoms with Crippen molar-refractivity contribution in [3.8, 4) is 5.69 Å². The van der Waals surface area contributed by atoms with Gasteiger partial charge in [0.2, 0.25) is 5.91 Å². The first-order valence-corrected chi connectivity index (χ1v) is 11.0. The number of aromatic nitrogens is 2. The van der Waals surface area contributed by atoms with E-state index in [0.717, 1.165) is 16.7 Å². The van der Waals surface area contributed by atoms with Crippen LogP contribution in [0.4, 0.5) is 10.1 Å². The standard InChI is InChI=1S/C27H25FN4O2/c1-19-5-2-7-21(13-19)15-26(33)31-24-17-30-32(18-24)25-10-4-8-22(16-25)27(34)29-12-11-20-6-3-9-23(28)14-20/h2-10,13-14,16-18H,11-12,15H2,1H3,(H,29,34)(H,31,33). The molecule has 0 saturated heterocycles. The smallest absolute Gasteiger partial charge is 0.251 e. The Labute approximate surface area is 197 Å². The minimum Gasteiger partial charge on any atom is -0.352 e. The summed E-state index contributed by atoms with van der Waals surface area (Å²) in [6, 6.07) is 21.2. The van der Waals surface area contributed by atoms with Gasteiger partial charge in [-0.15, -0.1) is 0 Å². The highest BCUT2D eigenvalue weighted by molar-refractivity contribution is 5.95. The summed E-state index contributed by atoms with van der Waals surface area (Å²) in [5.41, 5.74) is 4.62. The molecule has 0 fully saturated rings. The van der Waals surface area contributed by atoms with E-state index in [4.69, 9.17) is 0 Å². The maximum Gasteiger partial charge on any atom is 0.251 e. The van der Waals surface area contributed by atoms with Crippen LogP contribution in [0.5, 0.6) is 0 Å². The molecule has 0 aliphatic heterocycles. The number of halogens is 1. The third-order valence-electron chi connectivity index (χ3n) is 5.27. The molecule has 0 aliphatic carbocycles. The van der Waals surface area contributed by atoms with Gasteiger partial charge >= 0.3 is 0 Å². The predicted octanol–water partition coefficient (Wildman–Crippen LogP) is 4.47. The predicted molar refractivity (Wildman–Crippen MR) is 130 cm³/mol. The number of amides is 2. The summed E-state index contributed by atoms with van der Waals surface area (Å²) in [7, 11) is 0. The van der Waals surface area contributed by atoms with Crippen LogP contribution < -0.4 is 10.6 Å². The number of benzene rings is 3. The molecular weight excluding hydrogens is 431 g/mol. The highest BCUT2D eigenvalue weighted by atomic mass is 19.1. The van der Waals surface area contributed by atoms with Gasteiger partial charge in [0.25, 0.3) is 5.91 Å². The number of rotatable bonds is 8. The second-order valence-corrected chi connectivity index (χ2v) is 8.07. The molecule has 0 saturated carbocycles. The van der Waals surface area contributed by atoms with E-state index < -0.39 is 0 Å². The fraction of sp³-hybridized carbons (Fsp3) is 0.148. The van der Waals surface area contributed by atoms with Gasteiger partial charge in [0.05, 0.1) is 30.2 Å². The molecule has 3 aromatic carbocycles. The fourth-order valence-electron chi connectivity index (χ4n) is 3.65. The number of carbonyl (C=O) groups excluding carboxylic acids is 2. The zero-order valence-corrected chi connectivity index (χ0v) is 18.8. The van der Waals surface area contributed by atoms with Crippen molar-refractivity contribution in [2.24, 2.45) is 0 Å². The third-order valence-corrected chi connectivity index (χ3v) is 5.27. The van der Waals surface area contributed by atoms with E-state index in [0.29, 0.717) is 29.9 Å². The zero-order valence-electron chi connectivity index (χ0n) is 18.8. The third kappa shape index (κ3) is 6.16. The molecule has 0 bridgehead atoms. The molecule has 6 nitrogen and oxygen atoms in total. The quantitative estimate of drug-likeness (QED) is 0.411. The molecule has 7 heteroatoms. The van der Waals surface area contributed by atoms with Gasteiger partial charge in [-0.1, -0.05) is 48.0 Å². The first-order chi connectivity index (χ1) is 16.5. The van der Waals surface area contributed by atoms with Crippen molar-refractivity contribution in [3.63, 3.8) is 0 Å². The maximum atomic E-state index is 13.3. The second kappa shape index (κ2) is 10.6. The average molecular weight is 457 g/mol. The van der Waals surface area contributed by atoms with E-state index in [1.807, 2.05) is 43.3 Å². The lowest BCUT2D eigenvalue weighted by Crippen LogP contribution is -2.25. The van der Waals surface area contributed by atoms with Crippen molar-refractivity contribution in [3.05, 3.63) is 113 Å². The topological polar surface area (TPSA) is 76.0 Å². The van der Waals surface area contributed by atoms with E-state index in [1.54, 1.807) is 41.3 Å². The average Bonchev–Trinajstić information content (AvgIpc) is 3.27. The molecule has 2 amide bonds. The number of hydrogen-bond acceptors (Lipinski definition) is 3. The van der Waals surface area contributed by atoms with Crippen molar-refractivity contribution < 1.29 is 14.0 Å². The minimum absolute atomic E-state index is 0.128. The lowest BCUT2D eigenvalue weighted by Gasteiger charge is -2.08. The zero-order chi connectivity index (χ0) is 23.9. The van der Waals surface area contributed by atoms with Crippen LogP contribution in [-0.2, 0) is 17.6 Å². The van der Waals surface area contributed by atoms with Crippen molar-refractivity contribution in [1.82, 2.24) is 15.1 Å². The molecule has 0 spiro atoms. The summed E-state index contributed by atoms with van der Waals surface area (Å²) in [4.78, 5) is 24.9. The summed E-state index contributed by atoms with van der Waals surface area (Å²) < 4.78 is 14.9. The van der Waals surface area contributed by atoms with Gasteiger partial charge < -0.3 is 10.6 Å². The summed E-state index contributed by atoms with van der Waals surface area (Å²) in [6.07, 6.45) is 4.08. The Kier molecular flexibility index (Phi) is 7.13. The maximum absolute atomic E-state index is 13.3. The van der Waals surface area contributed by atoms with Gasteiger partial charge in [0.15, 0.2) is 0 Å². The van der Waals surface area contributed by atoms with Crippen LogP contribution >= 0.6 is 0 Å². The molecule has 0 atom stereocenters. The highest BCUT2D eigenvalue weighted by Crippen LogP contribution is 2.15.